The van der Waals surface area contributed by atoms with Crippen LogP contribution in [-0.4, -0.2) is 47.0 Å². The van der Waals surface area contributed by atoms with Crippen LogP contribution in [0.5, 0.6) is 0 Å². The number of halogens is 1. The Morgan fingerprint density at radius 3 is 2.50 bits per heavy atom. The second-order valence-electron chi connectivity index (χ2n) is 5.51. The van der Waals surface area contributed by atoms with E-state index in [4.69, 9.17) is 4.52 Å². The third-order valence-electron chi connectivity index (χ3n) is 3.81. The molecule has 3 rings (SSSR count). The van der Waals surface area contributed by atoms with Gasteiger partial charge in [0.25, 0.3) is 5.91 Å². The molecule has 1 aliphatic rings. The van der Waals surface area contributed by atoms with Crippen molar-refractivity contribution in [1.82, 2.24) is 15.0 Å². The summed E-state index contributed by atoms with van der Waals surface area (Å²) < 4.78 is 6.39. The number of carbonyl (C=O) groups is 1. The zero-order valence-electron chi connectivity index (χ0n) is 12.5. The molecule has 116 valence electrons. The van der Waals surface area contributed by atoms with Crippen LogP contribution >= 0.6 is 22.6 Å². The third-order valence-corrected chi connectivity index (χ3v) is 4.53. The predicted octanol–water partition coefficient (Wildman–Crippen LogP) is 2.55. The average molecular weight is 411 g/mol. The Kier molecular flexibility index (Phi) is 4.77. The Labute approximate surface area is 143 Å². The van der Waals surface area contributed by atoms with Crippen LogP contribution in [0.15, 0.2) is 34.9 Å². The van der Waals surface area contributed by atoms with Gasteiger partial charge in [-0.3, -0.25) is 9.69 Å². The molecule has 2 aromatic rings. The highest BCUT2D eigenvalue weighted by Crippen LogP contribution is 2.13. The second-order valence-corrected chi connectivity index (χ2v) is 6.76. The van der Waals surface area contributed by atoms with E-state index in [9.17, 15) is 4.79 Å². The van der Waals surface area contributed by atoms with Gasteiger partial charge in [0, 0.05) is 41.4 Å². The van der Waals surface area contributed by atoms with Crippen LogP contribution in [0.1, 0.15) is 21.8 Å². The van der Waals surface area contributed by atoms with E-state index in [1.54, 1.807) is 0 Å². The van der Waals surface area contributed by atoms with Gasteiger partial charge in [0.05, 0.1) is 12.2 Å². The quantitative estimate of drug-likeness (QED) is 0.729. The van der Waals surface area contributed by atoms with E-state index in [2.05, 4.69) is 32.6 Å². The maximum atomic E-state index is 12.5. The van der Waals surface area contributed by atoms with Crippen LogP contribution in [0.3, 0.4) is 0 Å². The Bertz CT molecular complexity index is 646. The molecule has 1 amide bonds. The lowest BCUT2D eigenvalue weighted by molar-refractivity contribution is 0.0617. The molecule has 1 fully saturated rings. The van der Waals surface area contributed by atoms with Gasteiger partial charge in [-0.1, -0.05) is 5.16 Å². The summed E-state index contributed by atoms with van der Waals surface area (Å²) in [5.41, 5.74) is 1.67. The van der Waals surface area contributed by atoms with Crippen molar-refractivity contribution < 1.29 is 9.32 Å². The molecule has 0 saturated carbocycles. The predicted molar refractivity (Wildman–Crippen MR) is 91.6 cm³/mol. The first-order valence-corrected chi connectivity index (χ1v) is 8.39. The molecule has 5 nitrogen and oxygen atoms in total. The maximum Gasteiger partial charge on any atom is 0.253 e. The highest BCUT2D eigenvalue weighted by molar-refractivity contribution is 14.1. The van der Waals surface area contributed by atoms with Crippen molar-refractivity contribution in [2.75, 3.05) is 26.2 Å². The molecule has 1 aromatic heterocycles. The van der Waals surface area contributed by atoms with Crippen LogP contribution in [0.2, 0.25) is 0 Å². The average Bonchev–Trinajstić information content (AvgIpc) is 2.93. The van der Waals surface area contributed by atoms with Crippen molar-refractivity contribution in [2.45, 2.75) is 13.5 Å². The molecular formula is C16H18IN3O2. The smallest absolute Gasteiger partial charge is 0.253 e. The van der Waals surface area contributed by atoms with Gasteiger partial charge in [-0.15, -0.1) is 0 Å². The highest BCUT2D eigenvalue weighted by Gasteiger charge is 2.22. The molecule has 0 N–H and O–H groups in total. The van der Waals surface area contributed by atoms with Crippen molar-refractivity contribution in [3.63, 3.8) is 0 Å². The molecular weight excluding hydrogens is 393 g/mol. The van der Waals surface area contributed by atoms with Crippen molar-refractivity contribution in [1.29, 1.82) is 0 Å². The van der Waals surface area contributed by atoms with Gasteiger partial charge in [0.2, 0.25) is 0 Å². The Morgan fingerprint density at radius 1 is 1.23 bits per heavy atom. The summed E-state index contributed by atoms with van der Waals surface area (Å²) in [6.45, 7) is 5.89. The monoisotopic (exact) mass is 411 g/mol. The minimum absolute atomic E-state index is 0.117. The lowest BCUT2D eigenvalue weighted by Gasteiger charge is -2.34. The van der Waals surface area contributed by atoms with Gasteiger partial charge >= 0.3 is 0 Å². The summed E-state index contributed by atoms with van der Waals surface area (Å²) in [4.78, 5) is 16.7. The first-order valence-electron chi connectivity index (χ1n) is 7.31. The molecule has 0 unspecified atom stereocenters. The number of carbonyl (C=O) groups excluding carboxylic acids is 1. The Hall–Kier alpha value is -1.41. The lowest BCUT2D eigenvalue weighted by Crippen LogP contribution is -2.48. The number of benzene rings is 1. The van der Waals surface area contributed by atoms with Crippen molar-refractivity contribution in [2.24, 2.45) is 0 Å². The molecule has 1 saturated heterocycles. The summed E-state index contributed by atoms with van der Waals surface area (Å²) in [5.74, 6) is 1.00. The molecule has 0 aliphatic carbocycles. The van der Waals surface area contributed by atoms with E-state index in [0.717, 1.165) is 53.3 Å². The van der Waals surface area contributed by atoms with E-state index in [0.29, 0.717) is 0 Å². The molecule has 22 heavy (non-hydrogen) atoms. The number of aryl methyl sites for hydroxylation is 1. The van der Waals surface area contributed by atoms with Crippen LogP contribution in [0, 0.1) is 10.5 Å². The minimum Gasteiger partial charge on any atom is -0.360 e. The topological polar surface area (TPSA) is 49.6 Å². The normalized spacial score (nSPS) is 16.0. The summed E-state index contributed by atoms with van der Waals surface area (Å²) in [7, 11) is 0. The summed E-state index contributed by atoms with van der Waals surface area (Å²) in [6.07, 6.45) is 0. The van der Waals surface area contributed by atoms with Gasteiger partial charge in [0.1, 0.15) is 0 Å². The van der Waals surface area contributed by atoms with Crippen LogP contribution in [0.4, 0.5) is 0 Å². The molecule has 1 aliphatic heterocycles. The SMILES string of the molecule is Cc1cc(CN2CCN(C(=O)c3ccc(I)cc3)CC2)on1. The van der Waals surface area contributed by atoms with Crippen molar-refractivity contribution in [3.05, 3.63) is 50.9 Å². The molecule has 1 aromatic carbocycles. The standard InChI is InChI=1S/C16H18IN3O2/c1-12-10-15(22-18-12)11-19-6-8-20(9-7-19)16(21)13-2-4-14(17)5-3-13/h2-5,10H,6-9,11H2,1H3. The number of piperazine rings is 1. The first kappa shape index (κ1) is 15.5. The number of hydrogen-bond donors (Lipinski definition) is 0. The highest BCUT2D eigenvalue weighted by atomic mass is 127. The van der Waals surface area contributed by atoms with Gasteiger partial charge in [-0.05, 0) is 53.8 Å². The third kappa shape index (κ3) is 3.67. The molecule has 0 atom stereocenters. The maximum absolute atomic E-state index is 12.5. The van der Waals surface area contributed by atoms with Crippen LogP contribution in [0.25, 0.3) is 0 Å². The molecule has 0 bridgehead atoms. The largest absolute Gasteiger partial charge is 0.360 e. The van der Waals surface area contributed by atoms with E-state index in [-0.39, 0.29) is 5.91 Å². The zero-order chi connectivity index (χ0) is 15.5. The van der Waals surface area contributed by atoms with Crippen LogP contribution in [-0.2, 0) is 6.54 Å². The van der Waals surface area contributed by atoms with Crippen molar-refractivity contribution in [3.8, 4) is 0 Å². The van der Waals surface area contributed by atoms with E-state index >= 15 is 0 Å². The van der Waals surface area contributed by atoms with Gasteiger partial charge in [-0.2, -0.15) is 0 Å². The van der Waals surface area contributed by atoms with E-state index in [1.165, 1.54) is 0 Å². The summed E-state index contributed by atoms with van der Waals surface area (Å²) in [6, 6.07) is 9.69. The first-order chi connectivity index (χ1) is 10.6. The van der Waals surface area contributed by atoms with Gasteiger partial charge < -0.3 is 9.42 Å². The fourth-order valence-electron chi connectivity index (χ4n) is 2.60. The van der Waals surface area contributed by atoms with E-state index < -0.39 is 0 Å². The molecule has 0 spiro atoms. The van der Waals surface area contributed by atoms with E-state index in [1.807, 2.05) is 42.2 Å². The number of nitrogens with zero attached hydrogens (tertiary/aromatic N) is 3. The van der Waals surface area contributed by atoms with Gasteiger partial charge in [0.15, 0.2) is 5.76 Å². The zero-order valence-corrected chi connectivity index (χ0v) is 14.6. The molecule has 2 heterocycles. The summed E-state index contributed by atoms with van der Waals surface area (Å²) >= 11 is 2.24. The fraction of sp³-hybridized carbons (Fsp3) is 0.375. The minimum atomic E-state index is 0.117. The fourth-order valence-corrected chi connectivity index (χ4v) is 2.95. The van der Waals surface area contributed by atoms with Gasteiger partial charge in [-0.25, -0.2) is 0 Å². The lowest BCUT2D eigenvalue weighted by atomic mass is 10.2. The second kappa shape index (κ2) is 6.78. The number of hydrogen-bond acceptors (Lipinski definition) is 4. The number of rotatable bonds is 3. The number of amides is 1. The van der Waals surface area contributed by atoms with Crippen LogP contribution < -0.4 is 0 Å². The summed E-state index contributed by atoms with van der Waals surface area (Å²) in [5, 5.41) is 3.91. The molecule has 0 radical (unpaired) electrons. The number of aromatic nitrogens is 1. The molecule has 6 heteroatoms. The van der Waals surface area contributed by atoms with Crippen molar-refractivity contribution >= 4 is 28.5 Å². The Morgan fingerprint density at radius 2 is 1.91 bits per heavy atom. The Balaban J connectivity index is 1.55.